The zero-order chi connectivity index (χ0) is 7.72. The smallest absolute Gasteiger partial charge is 0.326 e. The Morgan fingerprint density at radius 2 is 1.90 bits per heavy atom. The Bertz CT molecular complexity index is 352. The summed E-state index contributed by atoms with van der Waals surface area (Å²) in [5.41, 5.74) is 3.59. The minimum Gasteiger partial charge on any atom is -0.392 e. The van der Waals surface area contributed by atoms with Gasteiger partial charge >= 0.3 is 5.69 Å². The minimum absolute atomic E-state index is 0.131. The predicted octanol–water partition coefficient (Wildman–Crippen LogP) is -0.701. The van der Waals surface area contributed by atoms with Crippen molar-refractivity contribution in [3.8, 4) is 0 Å². The molecule has 1 rings (SSSR count). The first kappa shape index (κ1) is 6.88. The van der Waals surface area contributed by atoms with Gasteiger partial charge in [0, 0.05) is 0 Å². The number of hydrogen-bond donors (Lipinski definition) is 3. The van der Waals surface area contributed by atoms with Crippen LogP contribution in [0.1, 0.15) is 0 Å². The summed E-state index contributed by atoms with van der Waals surface area (Å²) < 4.78 is 0. The first-order valence-corrected chi connectivity index (χ1v) is 2.76. The van der Waals surface area contributed by atoms with E-state index in [4.69, 9.17) is 17.3 Å². The van der Waals surface area contributed by atoms with Crippen LogP contribution in [0, 0.1) is 0 Å². The lowest BCUT2D eigenvalue weighted by atomic mass is 10.5. The summed E-state index contributed by atoms with van der Waals surface area (Å²) in [4.78, 5) is 25.0. The van der Waals surface area contributed by atoms with Crippen molar-refractivity contribution in [1.82, 2.24) is 9.97 Å². The van der Waals surface area contributed by atoms with Crippen LogP contribution in [0.3, 0.4) is 0 Å². The van der Waals surface area contributed by atoms with Crippen LogP contribution >= 0.6 is 11.6 Å². The maximum atomic E-state index is 10.6. The lowest BCUT2D eigenvalue weighted by Crippen LogP contribution is -2.24. The van der Waals surface area contributed by atoms with Crippen LogP contribution in [0.2, 0.25) is 5.15 Å². The maximum Gasteiger partial charge on any atom is 0.326 e. The lowest BCUT2D eigenvalue weighted by Gasteiger charge is -1.91. The highest BCUT2D eigenvalue weighted by atomic mass is 35.5. The second-order valence-electron chi connectivity index (χ2n) is 1.64. The summed E-state index contributed by atoms with van der Waals surface area (Å²) in [7, 11) is 0. The van der Waals surface area contributed by atoms with Gasteiger partial charge in [-0.2, -0.15) is 0 Å². The Hall–Kier alpha value is -1.23. The number of halogens is 1. The van der Waals surface area contributed by atoms with E-state index in [2.05, 4.69) is 4.98 Å². The summed E-state index contributed by atoms with van der Waals surface area (Å²) in [6.07, 6.45) is 0. The maximum absolute atomic E-state index is 10.6. The highest BCUT2D eigenvalue weighted by Gasteiger charge is 1.99. The fourth-order valence-electron chi connectivity index (χ4n) is 0.468. The van der Waals surface area contributed by atoms with Crippen molar-refractivity contribution in [3.63, 3.8) is 0 Å². The molecule has 0 aliphatic carbocycles. The molecule has 4 N–H and O–H groups in total. The van der Waals surface area contributed by atoms with Gasteiger partial charge in [0.05, 0.1) is 0 Å². The molecule has 1 aromatic heterocycles. The number of hydrogen-bond acceptors (Lipinski definition) is 3. The molecule has 0 spiro atoms. The van der Waals surface area contributed by atoms with Crippen molar-refractivity contribution < 1.29 is 0 Å². The Balaban J connectivity index is 3.62. The van der Waals surface area contributed by atoms with Crippen molar-refractivity contribution in [2.45, 2.75) is 0 Å². The Morgan fingerprint density at radius 1 is 1.30 bits per heavy atom. The molecule has 54 valence electrons. The van der Waals surface area contributed by atoms with Gasteiger partial charge < -0.3 is 5.73 Å². The molecule has 0 aliphatic rings. The van der Waals surface area contributed by atoms with Gasteiger partial charge in [0.25, 0.3) is 5.56 Å². The van der Waals surface area contributed by atoms with Gasteiger partial charge in [0.1, 0.15) is 10.8 Å². The summed E-state index contributed by atoms with van der Waals surface area (Å²) in [6, 6.07) is 0. The molecule has 0 unspecified atom stereocenters. The van der Waals surface area contributed by atoms with Crippen molar-refractivity contribution in [3.05, 3.63) is 26.0 Å². The summed E-state index contributed by atoms with van der Waals surface area (Å²) in [5.74, 6) is 0. The van der Waals surface area contributed by atoms with Crippen LogP contribution in [0.5, 0.6) is 0 Å². The van der Waals surface area contributed by atoms with Gasteiger partial charge in [-0.1, -0.05) is 11.6 Å². The highest BCUT2D eigenvalue weighted by molar-refractivity contribution is 6.31. The standard InChI is InChI=1S/C4H4ClN3O2/c5-2-1(6)3(9)8-4(10)7-2/h6H2,(H2,7,8,9,10). The molecule has 6 heteroatoms. The third-order valence-corrected chi connectivity index (χ3v) is 1.23. The van der Waals surface area contributed by atoms with Gasteiger partial charge in [-0.3, -0.25) is 14.8 Å². The molecular formula is C4H4ClN3O2. The number of nitrogens with two attached hydrogens (primary N) is 1. The average molecular weight is 162 g/mol. The van der Waals surface area contributed by atoms with Crippen LogP contribution in [0.15, 0.2) is 9.59 Å². The normalized spacial score (nSPS) is 9.70. The monoisotopic (exact) mass is 161 g/mol. The van der Waals surface area contributed by atoms with E-state index >= 15 is 0 Å². The number of anilines is 1. The number of nitrogen functional groups attached to an aromatic ring is 1. The van der Waals surface area contributed by atoms with Gasteiger partial charge in [-0.15, -0.1) is 0 Å². The van der Waals surface area contributed by atoms with Gasteiger partial charge in [-0.05, 0) is 0 Å². The summed E-state index contributed by atoms with van der Waals surface area (Å²) >= 11 is 5.32. The predicted molar refractivity (Wildman–Crippen MR) is 37.1 cm³/mol. The Labute approximate surface area is 59.8 Å². The summed E-state index contributed by atoms with van der Waals surface area (Å²) in [5, 5.41) is -0.131. The number of aromatic amines is 2. The first-order valence-electron chi connectivity index (χ1n) is 2.39. The molecule has 0 saturated carbocycles. The zero-order valence-corrected chi connectivity index (χ0v) is 5.53. The topological polar surface area (TPSA) is 91.7 Å². The van der Waals surface area contributed by atoms with E-state index in [0.717, 1.165) is 0 Å². The quantitative estimate of drug-likeness (QED) is 0.440. The van der Waals surface area contributed by atoms with Crippen LogP contribution in [-0.4, -0.2) is 9.97 Å². The Morgan fingerprint density at radius 3 is 2.40 bits per heavy atom. The van der Waals surface area contributed by atoms with Crippen LogP contribution in [0.4, 0.5) is 5.69 Å². The largest absolute Gasteiger partial charge is 0.392 e. The van der Waals surface area contributed by atoms with Gasteiger partial charge in [0.15, 0.2) is 0 Å². The minimum atomic E-state index is -0.672. The fraction of sp³-hybridized carbons (Fsp3) is 0. The first-order chi connectivity index (χ1) is 4.61. The van der Waals surface area contributed by atoms with Crippen molar-refractivity contribution >= 4 is 17.3 Å². The number of aromatic nitrogens is 2. The van der Waals surface area contributed by atoms with E-state index in [1.165, 1.54) is 0 Å². The van der Waals surface area contributed by atoms with E-state index in [1.54, 1.807) is 0 Å². The molecule has 0 radical (unpaired) electrons. The van der Waals surface area contributed by atoms with Crippen LogP contribution in [0.25, 0.3) is 0 Å². The number of rotatable bonds is 0. The van der Waals surface area contributed by atoms with Crippen LogP contribution in [-0.2, 0) is 0 Å². The molecule has 10 heavy (non-hydrogen) atoms. The Kier molecular flexibility index (Phi) is 1.50. The van der Waals surface area contributed by atoms with E-state index in [-0.39, 0.29) is 10.8 Å². The van der Waals surface area contributed by atoms with E-state index < -0.39 is 11.2 Å². The van der Waals surface area contributed by atoms with Crippen molar-refractivity contribution in [2.24, 2.45) is 0 Å². The third-order valence-electron chi connectivity index (χ3n) is 0.931. The van der Waals surface area contributed by atoms with Gasteiger partial charge in [-0.25, -0.2) is 4.79 Å². The molecule has 5 nitrogen and oxygen atoms in total. The van der Waals surface area contributed by atoms with Crippen molar-refractivity contribution in [1.29, 1.82) is 0 Å². The zero-order valence-electron chi connectivity index (χ0n) is 4.77. The van der Waals surface area contributed by atoms with Crippen molar-refractivity contribution in [2.75, 3.05) is 5.73 Å². The third kappa shape index (κ3) is 1.03. The number of nitrogens with one attached hydrogen (secondary N) is 2. The molecule has 0 amide bonds. The molecule has 1 aromatic rings. The molecule has 0 aromatic carbocycles. The molecule has 1 heterocycles. The van der Waals surface area contributed by atoms with Gasteiger partial charge in [0.2, 0.25) is 0 Å². The second kappa shape index (κ2) is 2.18. The molecule has 0 bridgehead atoms. The number of H-pyrrole nitrogens is 2. The highest BCUT2D eigenvalue weighted by Crippen LogP contribution is 2.04. The van der Waals surface area contributed by atoms with E-state index in [9.17, 15) is 9.59 Å². The molecule has 0 saturated heterocycles. The second-order valence-corrected chi connectivity index (χ2v) is 2.01. The lowest BCUT2D eigenvalue weighted by molar-refractivity contribution is 1.04. The molecule has 0 fully saturated rings. The molecule has 0 atom stereocenters. The molecular weight excluding hydrogens is 158 g/mol. The van der Waals surface area contributed by atoms with E-state index in [1.807, 2.05) is 4.98 Å². The van der Waals surface area contributed by atoms with E-state index in [0.29, 0.717) is 0 Å². The van der Waals surface area contributed by atoms with Crippen LogP contribution < -0.4 is 17.0 Å². The fourth-order valence-corrected chi connectivity index (χ4v) is 0.640. The summed E-state index contributed by atoms with van der Waals surface area (Å²) in [6.45, 7) is 0. The molecule has 0 aliphatic heterocycles. The average Bonchev–Trinajstić information content (AvgIpc) is 1.82. The SMILES string of the molecule is Nc1c(Cl)[nH]c(=O)[nH]c1=O.